The van der Waals surface area contributed by atoms with Crippen molar-refractivity contribution in [3.63, 3.8) is 0 Å². The average molecular weight is 462 g/mol. The zero-order valence-corrected chi connectivity index (χ0v) is 19.6. The standard InChI is InChI=1S/C23H31N3O5S/c1-17-20(18(2)31-24-17)16-30-23(27)19-9-10-21(25-11-5-3-6-12-25)22(15-19)32(28,29)26-13-7-4-8-14-26/h9-10,15H,3-8,11-14,16H2,1-2H3. The van der Waals surface area contributed by atoms with E-state index in [1.807, 2.05) is 0 Å². The molecule has 9 heteroatoms. The molecule has 0 aliphatic carbocycles. The number of anilines is 1. The molecule has 0 amide bonds. The quantitative estimate of drug-likeness (QED) is 0.604. The largest absolute Gasteiger partial charge is 0.457 e. The summed E-state index contributed by atoms with van der Waals surface area (Å²) in [5, 5.41) is 3.87. The monoisotopic (exact) mass is 461 g/mol. The first kappa shape index (κ1) is 22.8. The number of carbonyl (C=O) groups is 1. The van der Waals surface area contributed by atoms with Crippen LogP contribution in [0.25, 0.3) is 0 Å². The number of esters is 1. The minimum Gasteiger partial charge on any atom is -0.457 e. The summed E-state index contributed by atoms with van der Waals surface area (Å²) in [6.45, 7) is 6.25. The number of aromatic nitrogens is 1. The molecule has 0 radical (unpaired) electrons. The maximum atomic E-state index is 13.6. The van der Waals surface area contributed by atoms with Gasteiger partial charge in [-0.3, -0.25) is 0 Å². The molecule has 8 nitrogen and oxygen atoms in total. The molecule has 3 heterocycles. The molecule has 0 N–H and O–H groups in total. The molecule has 174 valence electrons. The molecule has 0 atom stereocenters. The first-order valence-electron chi connectivity index (χ1n) is 11.4. The molecule has 0 bridgehead atoms. The van der Waals surface area contributed by atoms with Gasteiger partial charge in [0.25, 0.3) is 0 Å². The van der Waals surface area contributed by atoms with E-state index in [0.717, 1.165) is 57.2 Å². The molecule has 4 rings (SSSR count). The van der Waals surface area contributed by atoms with Crippen molar-refractivity contribution in [1.82, 2.24) is 9.46 Å². The number of benzene rings is 1. The number of carbonyl (C=O) groups excluding carboxylic acids is 1. The zero-order chi connectivity index (χ0) is 22.7. The lowest BCUT2D eigenvalue weighted by Crippen LogP contribution is -2.37. The van der Waals surface area contributed by atoms with Crippen LogP contribution in [0, 0.1) is 13.8 Å². The van der Waals surface area contributed by atoms with Crippen molar-refractivity contribution >= 4 is 21.7 Å². The number of aryl methyl sites for hydroxylation is 2. The van der Waals surface area contributed by atoms with Gasteiger partial charge in [-0.15, -0.1) is 0 Å². The molecule has 2 fully saturated rings. The molecular formula is C23H31N3O5S. The van der Waals surface area contributed by atoms with Crippen LogP contribution in [0.4, 0.5) is 5.69 Å². The van der Waals surface area contributed by atoms with Gasteiger partial charge in [-0.05, 0) is 64.2 Å². The highest BCUT2D eigenvalue weighted by Crippen LogP contribution is 2.32. The van der Waals surface area contributed by atoms with E-state index in [4.69, 9.17) is 9.26 Å². The van der Waals surface area contributed by atoms with Crippen molar-refractivity contribution in [2.45, 2.75) is 63.9 Å². The number of hydrogen-bond donors (Lipinski definition) is 0. The normalized spacial score (nSPS) is 18.0. The molecule has 0 spiro atoms. The van der Waals surface area contributed by atoms with E-state index in [2.05, 4.69) is 10.1 Å². The molecule has 1 aromatic heterocycles. The number of ether oxygens (including phenoxy) is 1. The van der Waals surface area contributed by atoms with Crippen LogP contribution in [-0.2, 0) is 21.4 Å². The number of sulfonamides is 1. The van der Waals surface area contributed by atoms with E-state index in [1.54, 1.807) is 30.3 Å². The Kier molecular flexibility index (Phi) is 6.85. The van der Waals surface area contributed by atoms with Crippen LogP contribution in [-0.4, -0.2) is 50.0 Å². The summed E-state index contributed by atoms with van der Waals surface area (Å²) in [4.78, 5) is 15.1. The predicted octanol–water partition coefficient (Wildman–Crippen LogP) is 3.81. The maximum Gasteiger partial charge on any atom is 0.338 e. The maximum absolute atomic E-state index is 13.6. The lowest BCUT2D eigenvalue weighted by atomic mass is 10.1. The van der Waals surface area contributed by atoms with Gasteiger partial charge in [0.05, 0.1) is 22.5 Å². The first-order valence-corrected chi connectivity index (χ1v) is 12.8. The Morgan fingerprint density at radius 1 is 1.03 bits per heavy atom. The average Bonchev–Trinajstić information content (AvgIpc) is 3.15. The smallest absolute Gasteiger partial charge is 0.338 e. The SMILES string of the molecule is Cc1noc(C)c1COC(=O)c1ccc(N2CCCCC2)c(S(=O)(=O)N2CCCCC2)c1. The Morgan fingerprint density at radius 3 is 2.31 bits per heavy atom. The summed E-state index contributed by atoms with van der Waals surface area (Å²) in [5.41, 5.74) is 2.30. The van der Waals surface area contributed by atoms with Gasteiger partial charge in [-0.25, -0.2) is 13.2 Å². The summed E-state index contributed by atoms with van der Waals surface area (Å²) in [5.74, 6) is 0.0365. The molecule has 2 aliphatic rings. The van der Waals surface area contributed by atoms with Crippen LogP contribution < -0.4 is 4.90 Å². The number of piperidine rings is 2. The van der Waals surface area contributed by atoms with Crippen molar-refractivity contribution in [3.05, 3.63) is 40.8 Å². The van der Waals surface area contributed by atoms with Crippen LogP contribution in [0.3, 0.4) is 0 Å². The fourth-order valence-corrected chi connectivity index (χ4v) is 6.17. The van der Waals surface area contributed by atoms with Gasteiger partial charge in [0, 0.05) is 26.2 Å². The van der Waals surface area contributed by atoms with Gasteiger partial charge in [0.15, 0.2) is 0 Å². The van der Waals surface area contributed by atoms with E-state index in [1.165, 1.54) is 6.07 Å². The molecule has 2 aromatic rings. The van der Waals surface area contributed by atoms with Gasteiger partial charge in [-0.1, -0.05) is 11.6 Å². The van der Waals surface area contributed by atoms with E-state index in [-0.39, 0.29) is 17.1 Å². The van der Waals surface area contributed by atoms with Crippen molar-refractivity contribution in [1.29, 1.82) is 0 Å². The van der Waals surface area contributed by atoms with Gasteiger partial charge >= 0.3 is 5.97 Å². The molecular weight excluding hydrogens is 430 g/mol. The highest BCUT2D eigenvalue weighted by Gasteiger charge is 2.31. The highest BCUT2D eigenvalue weighted by atomic mass is 32.2. The van der Waals surface area contributed by atoms with E-state index in [0.29, 0.717) is 30.2 Å². The second-order valence-electron chi connectivity index (χ2n) is 8.57. The summed E-state index contributed by atoms with van der Waals surface area (Å²) >= 11 is 0. The Morgan fingerprint density at radius 2 is 1.69 bits per heavy atom. The summed E-state index contributed by atoms with van der Waals surface area (Å²) in [6.07, 6.45) is 5.97. The summed E-state index contributed by atoms with van der Waals surface area (Å²) < 4.78 is 39.3. The second kappa shape index (κ2) is 9.62. The van der Waals surface area contributed by atoms with Crippen molar-refractivity contribution in [3.8, 4) is 0 Å². The molecule has 32 heavy (non-hydrogen) atoms. The highest BCUT2D eigenvalue weighted by molar-refractivity contribution is 7.89. The minimum atomic E-state index is -3.71. The van der Waals surface area contributed by atoms with Crippen molar-refractivity contribution < 1.29 is 22.5 Å². The third kappa shape index (κ3) is 4.68. The lowest BCUT2D eigenvalue weighted by Gasteiger charge is -2.33. The third-order valence-electron chi connectivity index (χ3n) is 6.35. The van der Waals surface area contributed by atoms with Crippen LogP contribution in [0.1, 0.15) is 65.9 Å². The van der Waals surface area contributed by atoms with Gasteiger partial charge < -0.3 is 14.2 Å². The molecule has 0 unspecified atom stereocenters. The molecule has 2 saturated heterocycles. The molecule has 1 aromatic carbocycles. The second-order valence-corrected chi connectivity index (χ2v) is 10.5. The third-order valence-corrected chi connectivity index (χ3v) is 8.28. The van der Waals surface area contributed by atoms with Crippen LogP contribution in [0.2, 0.25) is 0 Å². The predicted molar refractivity (Wildman–Crippen MR) is 120 cm³/mol. The molecule has 0 saturated carbocycles. The van der Waals surface area contributed by atoms with Gasteiger partial charge in [0.2, 0.25) is 10.0 Å². The fourth-order valence-electron chi connectivity index (χ4n) is 4.42. The Bertz CT molecular complexity index is 1050. The lowest BCUT2D eigenvalue weighted by molar-refractivity contribution is 0.0470. The Balaban J connectivity index is 1.64. The summed E-state index contributed by atoms with van der Waals surface area (Å²) in [6, 6.07) is 4.91. The van der Waals surface area contributed by atoms with Crippen LogP contribution in [0.15, 0.2) is 27.6 Å². The van der Waals surface area contributed by atoms with Crippen molar-refractivity contribution in [2.24, 2.45) is 0 Å². The number of nitrogens with zero attached hydrogens (tertiary/aromatic N) is 3. The fraction of sp³-hybridized carbons (Fsp3) is 0.565. The topological polar surface area (TPSA) is 93.0 Å². The number of rotatable bonds is 6. The van der Waals surface area contributed by atoms with Crippen LogP contribution >= 0.6 is 0 Å². The zero-order valence-electron chi connectivity index (χ0n) is 18.8. The Hall–Kier alpha value is -2.39. The minimum absolute atomic E-state index is 0.0298. The Labute approximate surface area is 189 Å². The van der Waals surface area contributed by atoms with Crippen LogP contribution in [0.5, 0.6) is 0 Å². The summed E-state index contributed by atoms with van der Waals surface area (Å²) in [7, 11) is -3.71. The number of hydrogen-bond acceptors (Lipinski definition) is 7. The van der Waals surface area contributed by atoms with E-state index in [9.17, 15) is 13.2 Å². The van der Waals surface area contributed by atoms with E-state index < -0.39 is 16.0 Å². The first-order chi connectivity index (χ1) is 15.4. The van der Waals surface area contributed by atoms with Gasteiger partial charge in [-0.2, -0.15) is 4.31 Å². The molecule has 2 aliphatic heterocycles. The van der Waals surface area contributed by atoms with Crippen molar-refractivity contribution in [2.75, 3.05) is 31.1 Å². The van der Waals surface area contributed by atoms with E-state index >= 15 is 0 Å². The van der Waals surface area contributed by atoms with Gasteiger partial charge in [0.1, 0.15) is 17.3 Å².